The molecule has 2 nitrogen and oxygen atoms in total. The second-order valence-corrected chi connectivity index (χ2v) is 12.0. The van der Waals surface area contributed by atoms with E-state index in [1.54, 1.807) is 0 Å². The first-order valence-electron chi connectivity index (χ1n) is 15.0. The minimum Gasteiger partial charge on any atom is -0.459 e. The Morgan fingerprint density at radius 2 is 1.26 bits per heavy atom. The van der Waals surface area contributed by atoms with Gasteiger partial charge in [0.1, 0.15) is 6.10 Å². The van der Waals surface area contributed by atoms with Crippen LogP contribution in [0.2, 0.25) is 0 Å². The third-order valence-electron chi connectivity index (χ3n) is 9.68. The Balaban J connectivity index is 1.18. The van der Waals surface area contributed by atoms with Crippen LogP contribution in [-0.2, 0) is 4.74 Å². The van der Waals surface area contributed by atoms with Gasteiger partial charge in [-0.25, -0.2) is 4.79 Å². The van der Waals surface area contributed by atoms with Gasteiger partial charge >= 0.3 is 5.97 Å². The monoisotopic (exact) mass is 466 g/mol. The van der Waals surface area contributed by atoms with E-state index in [-0.39, 0.29) is 12.1 Å². The van der Waals surface area contributed by atoms with E-state index in [1.807, 2.05) is 12.1 Å². The standard InChI is InChI=1S/C32H50O2/c1-3-5-7-25-10-14-26(15-11-25)28-16-18-30(19-17-28)32(33)34-31-22-20-29(21-23-31)27-12-8-24(6-4-2)9-13-27/h16-19,24-27,29,31H,3-15,20-23H2,1-2H3. The summed E-state index contributed by atoms with van der Waals surface area (Å²) in [5, 5.41) is 0. The SMILES string of the molecule is CCCCC1CCC(c2ccc(C(=O)OC3CCC(C4CCC(CCC)CC4)CC3)cc2)CC1. The topological polar surface area (TPSA) is 26.3 Å². The number of ether oxygens (including phenoxy) is 1. The van der Waals surface area contributed by atoms with Crippen molar-refractivity contribution in [2.75, 3.05) is 0 Å². The third-order valence-corrected chi connectivity index (χ3v) is 9.68. The summed E-state index contributed by atoms with van der Waals surface area (Å²) in [4.78, 5) is 12.8. The van der Waals surface area contributed by atoms with Gasteiger partial charge in [0.05, 0.1) is 5.56 Å². The van der Waals surface area contributed by atoms with E-state index >= 15 is 0 Å². The Morgan fingerprint density at radius 1 is 0.706 bits per heavy atom. The maximum absolute atomic E-state index is 12.8. The number of hydrogen-bond acceptors (Lipinski definition) is 2. The first kappa shape index (κ1) is 25.8. The molecule has 0 bridgehead atoms. The largest absolute Gasteiger partial charge is 0.459 e. The Bertz CT molecular complexity index is 714. The van der Waals surface area contributed by atoms with Crippen molar-refractivity contribution >= 4 is 5.97 Å². The van der Waals surface area contributed by atoms with Gasteiger partial charge in [-0.15, -0.1) is 0 Å². The van der Waals surface area contributed by atoms with Crippen LogP contribution < -0.4 is 0 Å². The molecule has 0 spiro atoms. The van der Waals surface area contributed by atoms with Crippen LogP contribution in [-0.4, -0.2) is 12.1 Å². The predicted octanol–water partition coefficient (Wildman–Crippen LogP) is 9.47. The van der Waals surface area contributed by atoms with E-state index in [1.165, 1.54) is 102 Å². The molecule has 3 aliphatic rings. The van der Waals surface area contributed by atoms with Gasteiger partial charge in [0, 0.05) is 0 Å². The van der Waals surface area contributed by atoms with Gasteiger partial charge in [0.15, 0.2) is 0 Å². The summed E-state index contributed by atoms with van der Waals surface area (Å²) in [6, 6.07) is 8.42. The highest BCUT2D eigenvalue weighted by Crippen LogP contribution is 2.42. The van der Waals surface area contributed by atoms with Gasteiger partial charge in [-0.05, 0) is 111 Å². The van der Waals surface area contributed by atoms with Crippen molar-refractivity contribution in [3.63, 3.8) is 0 Å². The van der Waals surface area contributed by atoms with Crippen LogP contribution in [0.5, 0.6) is 0 Å². The van der Waals surface area contributed by atoms with E-state index in [4.69, 9.17) is 4.74 Å². The first-order valence-corrected chi connectivity index (χ1v) is 15.0. The molecule has 2 heteroatoms. The van der Waals surface area contributed by atoms with Gasteiger partial charge in [0.2, 0.25) is 0 Å². The molecule has 0 atom stereocenters. The fraction of sp³-hybridized carbons (Fsp3) is 0.781. The fourth-order valence-electron chi connectivity index (χ4n) is 7.42. The van der Waals surface area contributed by atoms with Gasteiger partial charge in [-0.3, -0.25) is 0 Å². The first-order chi connectivity index (χ1) is 16.7. The zero-order valence-electron chi connectivity index (χ0n) is 22.1. The lowest BCUT2D eigenvalue weighted by Gasteiger charge is -2.37. The molecule has 0 aliphatic heterocycles. The maximum Gasteiger partial charge on any atom is 0.338 e. The van der Waals surface area contributed by atoms with Crippen LogP contribution in [0.15, 0.2) is 24.3 Å². The molecule has 0 radical (unpaired) electrons. The van der Waals surface area contributed by atoms with Crippen LogP contribution in [0, 0.1) is 23.7 Å². The van der Waals surface area contributed by atoms with Crippen LogP contribution in [0.4, 0.5) is 0 Å². The van der Waals surface area contributed by atoms with Crippen molar-refractivity contribution in [2.45, 2.75) is 135 Å². The number of unbranched alkanes of at least 4 members (excludes halogenated alkanes) is 1. The minimum absolute atomic E-state index is 0.113. The average Bonchev–Trinajstić information content (AvgIpc) is 2.89. The van der Waals surface area contributed by atoms with Gasteiger partial charge in [0.25, 0.3) is 0 Å². The molecule has 0 N–H and O–H groups in total. The summed E-state index contributed by atoms with van der Waals surface area (Å²) in [6.07, 6.45) is 22.8. The Hall–Kier alpha value is -1.31. The Labute approximate surface area is 209 Å². The molecular weight excluding hydrogens is 416 g/mol. The predicted molar refractivity (Wildman–Crippen MR) is 142 cm³/mol. The van der Waals surface area contributed by atoms with Crippen molar-refractivity contribution < 1.29 is 9.53 Å². The van der Waals surface area contributed by atoms with Crippen LogP contribution >= 0.6 is 0 Å². The normalized spacial score (nSPS) is 32.3. The molecule has 1 aromatic carbocycles. The molecule has 0 heterocycles. The van der Waals surface area contributed by atoms with Crippen LogP contribution in [0.1, 0.15) is 145 Å². The van der Waals surface area contributed by atoms with E-state index < -0.39 is 0 Å². The zero-order valence-corrected chi connectivity index (χ0v) is 22.1. The highest BCUT2D eigenvalue weighted by atomic mass is 16.5. The maximum atomic E-state index is 12.8. The van der Waals surface area contributed by atoms with Crippen LogP contribution in [0.25, 0.3) is 0 Å². The minimum atomic E-state index is -0.113. The molecule has 0 saturated heterocycles. The van der Waals surface area contributed by atoms with E-state index in [0.717, 1.165) is 42.1 Å². The third kappa shape index (κ3) is 7.11. The molecular formula is C32H50O2. The lowest BCUT2D eigenvalue weighted by molar-refractivity contribution is 0.0109. The molecule has 4 rings (SSSR count). The van der Waals surface area contributed by atoms with Crippen molar-refractivity contribution in [2.24, 2.45) is 23.7 Å². The zero-order chi connectivity index (χ0) is 23.8. The molecule has 0 aromatic heterocycles. The molecule has 0 amide bonds. The molecule has 190 valence electrons. The fourth-order valence-corrected chi connectivity index (χ4v) is 7.42. The lowest BCUT2D eigenvalue weighted by Crippen LogP contribution is -2.29. The summed E-state index contributed by atoms with van der Waals surface area (Å²) < 4.78 is 5.96. The number of benzene rings is 1. The highest BCUT2D eigenvalue weighted by molar-refractivity contribution is 5.89. The second kappa shape index (κ2) is 13.1. The molecule has 34 heavy (non-hydrogen) atoms. The highest BCUT2D eigenvalue weighted by Gasteiger charge is 2.32. The second-order valence-electron chi connectivity index (χ2n) is 12.0. The summed E-state index contributed by atoms with van der Waals surface area (Å²) in [7, 11) is 0. The summed E-state index contributed by atoms with van der Waals surface area (Å²) >= 11 is 0. The van der Waals surface area contributed by atoms with Crippen molar-refractivity contribution in [3.05, 3.63) is 35.4 Å². The van der Waals surface area contributed by atoms with Gasteiger partial charge in [-0.2, -0.15) is 0 Å². The quantitative estimate of drug-likeness (QED) is 0.339. The van der Waals surface area contributed by atoms with Crippen molar-refractivity contribution in [3.8, 4) is 0 Å². The number of esters is 1. The number of carbonyl (C=O) groups excluding carboxylic acids is 1. The summed E-state index contributed by atoms with van der Waals surface area (Å²) in [5.74, 6) is 4.30. The number of carbonyl (C=O) groups is 1. The van der Waals surface area contributed by atoms with Crippen LogP contribution in [0.3, 0.4) is 0 Å². The average molecular weight is 467 g/mol. The van der Waals surface area contributed by atoms with Gasteiger partial charge in [-0.1, -0.05) is 70.9 Å². The Morgan fingerprint density at radius 3 is 1.85 bits per heavy atom. The van der Waals surface area contributed by atoms with E-state index in [9.17, 15) is 4.79 Å². The van der Waals surface area contributed by atoms with Gasteiger partial charge < -0.3 is 4.74 Å². The Kier molecular flexibility index (Phi) is 9.95. The summed E-state index contributed by atoms with van der Waals surface area (Å²) in [6.45, 7) is 4.62. The lowest BCUT2D eigenvalue weighted by atomic mass is 9.70. The number of hydrogen-bond donors (Lipinski definition) is 0. The summed E-state index contributed by atoms with van der Waals surface area (Å²) in [5.41, 5.74) is 2.15. The molecule has 3 saturated carbocycles. The van der Waals surface area contributed by atoms with E-state index in [2.05, 4.69) is 26.0 Å². The molecule has 1 aromatic rings. The molecule has 3 fully saturated rings. The number of rotatable bonds is 9. The van der Waals surface area contributed by atoms with E-state index in [0.29, 0.717) is 5.92 Å². The van der Waals surface area contributed by atoms with Crippen molar-refractivity contribution in [1.82, 2.24) is 0 Å². The molecule has 3 aliphatic carbocycles. The smallest absolute Gasteiger partial charge is 0.338 e. The van der Waals surface area contributed by atoms with Crippen molar-refractivity contribution in [1.29, 1.82) is 0 Å². The molecule has 0 unspecified atom stereocenters.